The third-order valence-electron chi connectivity index (χ3n) is 5.60. The first-order valence-corrected chi connectivity index (χ1v) is 12.1. The van der Waals surface area contributed by atoms with Crippen molar-refractivity contribution in [2.75, 3.05) is 7.11 Å². The van der Waals surface area contributed by atoms with E-state index in [2.05, 4.69) is 14.7 Å². The number of hydrogen-bond acceptors (Lipinski definition) is 7. The lowest BCUT2D eigenvalue weighted by molar-refractivity contribution is 0.0600. The van der Waals surface area contributed by atoms with E-state index in [0.29, 0.717) is 27.4 Å². The number of aromatic carboxylic acids is 1. The molecule has 0 aliphatic carbocycles. The highest BCUT2D eigenvalue weighted by atomic mass is 32.1. The highest BCUT2D eigenvalue weighted by Crippen LogP contribution is 2.26. The molecular weight excluding hydrogens is 488 g/mol. The van der Waals surface area contributed by atoms with Crippen molar-refractivity contribution in [1.29, 1.82) is 0 Å². The van der Waals surface area contributed by atoms with Crippen molar-refractivity contribution in [1.82, 2.24) is 9.97 Å². The van der Waals surface area contributed by atoms with Crippen LogP contribution in [0, 0.1) is 0 Å². The summed E-state index contributed by atoms with van der Waals surface area (Å²) < 4.78 is 4.66. The zero-order chi connectivity index (χ0) is 24.7. The van der Waals surface area contributed by atoms with E-state index in [-0.39, 0.29) is 16.7 Å². The lowest BCUT2D eigenvalue weighted by atomic mass is 10.1. The van der Waals surface area contributed by atoms with E-state index in [9.17, 15) is 19.2 Å². The monoisotopic (exact) mass is 504 g/mol. The average Bonchev–Trinajstić information content (AvgIpc) is 3.54. The van der Waals surface area contributed by atoms with Crippen LogP contribution in [0.25, 0.3) is 43.4 Å². The molecule has 0 aliphatic heterocycles. The number of esters is 1. The standard InChI is InChI=1S/C13H9NO3S.C12H7NO3S/c1-17-13(16)7-2-3-8-9-5-18-6-10(9)12(15)14-11(8)4-7;14-11-9-5-17-4-8(9)7-2-1-6(12(15)16)3-10(7)13-11/h2-6H,1H3,(H,14,15);1-5H,(H,13,14)(H,15,16). The molecule has 8 nitrogen and oxygen atoms in total. The van der Waals surface area contributed by atoms with E-state index < -0.39 is 11.9 Å². The number of hydrogen-bond donors (Lipinski definition) is 3. The van der Waals surface area contributed by atoms with Crippen LogP contribution in [0.4, 0.5) is 0 Å². The van der Waals surface area contributed by atoms with Crippen molar-refractivity contribution in [2.45, 2.75) is 0 Å². The quantitative estimate of drug-likeness (QED) is 0.286. The molecule has 0 radical (unpaired) electrons. The van der Waals surface area contributed by atoms with Gasteiger partial charge in [-0.15, -0.1) is 0 Å². The third kappa shape index (κ3) is 3.98. The number of carbonyl (C=O) groups excluding carboxylic acids is 1. The van der Waals surface area contributed by atoms with E-state index in [4.69, 9.17) is 5.11 Å². The van der Waals surface area contributed by atoms with Gasteiger partial charge in [-0.1, -0.05) is 12.1 Å². The van der Waals surface area contributed by atoms with Gasteiger partial charge in [-0.3, -0.25) is 9.59 Å². The molecule has 0 amide bonds. The average molecular weight is 505 g/mol. The van der Waals surface area contributed by atoms with Crippen LogP contribution in [0.5, 0.6) is 0 Å². The first kappa shape index (κ1) is 22.5. The third-order valence-corrected chi connectivity index (χ3v) is 7.08. The van der Waals surface area contributed by atoms with Gasteiger partial charge < -0.3 is 19.8 Å². The smallest absolute Gasteiger partial charge is 0.337 e. The van der Waals surface area contributed by atoms with Crippen LogP contribution < -0.4 is 11.1 Å². The summed E-state index contributed by atoms with van der Waals surface area (Å²) in [6, 6.07) is 9.91. The van der Waals surface area contributed by atoms with Crippen molar-refractivity contribution in [3.63, 3.8) is 0 Å². The number of nitrogens with one attached hydrogen (secondary N) is 2. The van der Waals surface area contributed by atoms with E-state index in [1.165, 1.54) is 35.8 Å². The van der Waals surface area contributed by atoms with Gasteiger partial charge in [-0.25, -0.2) is 9.59 Å². The molecule has 2 aromatic carbocycles. The summed E-state index contributed by atoms with van der Waals surface area (Å²) in [6.07, 6.45) is 0. The SMILES string of the molecule is COC(=O)c1ccc2c(c1)[nH]c(=O)c1cscc12.O=C(O)c1ccc2c(c1)[nH]c(=O)c1cscc12. The molecule has 6 aromatic rings. The van der Waals surface area contributed by atoms with Crippen LogP contribution in [0.15, 0.2) is 67.5 Å². The van der Waals surface area contributed by atoms with Gasteiger partial charge in [0.05, 0.1) is 29.0 Å². The van der Waals surface area contributed by atoms with Gasteiger partial charge in [0.1, 0.15) is 0 Å². The van der Waals surface area contributed by atoms with Gasteiger partial charge in [0.25, 0.3) is 11.1 Å². The summed E-state index contributed by atoms with van der Waals surface area (Å²) in [5, 5.41) is 21.2. The summed E-state index contributed by atoms with van der Waals surface area (Å²) in [7, 11) is 1.33. The molecule has 4 heterocycles. The van der Waals surface area contributed by atoms with E-state index in [1.807, 2.05) is 22.2 Å². The Morgan fingerprint density at radius 1 is 0.714 bits per heavy atom. The number of methoxy groups -OCH3 is 1. The van der Waals surface area contributed by atoms with Crippen LogP contribution in [0.2, 0.25) is 0 Å². The topological polar surface area (TPSA) is 129 Å². The number of ether oxygens (including phenoxy) is 1. The normalized spacial score (nSPS) is 11.0. The van der Waals surface area contributed by atoms with Crippen LogP contribution in [0.1, 0.15) is 20.7 Å². The number of carboxylic acid groups (broad SMARTS) is 1. The molecule has 174 valence electrons. The number of H-pyrrole nitrogens is 2. The van der Waals surface area contributed by atoms with Crippen molar-refractivity contribution in [3.05, 3.63) is 89.8 Å². The number of pyridine rings is 2. The summed E-state index contributed by atoms with van der Waals surface area (Å²) >= 11 is 2.94. The number of benzene rings is 2. The number of aromatic nitrogens is 2. The van der Waals surface area contributed by atoms with E-state index >= 15 is 0 Å². The molecule has 0 saturated heterocycles. The summed E-state index contributed by atoms with van der Waals surface area (Å²) in [6.45, 7) is 0. The Hall–Kier alpha value is -4.28. The first-order chi connectivity index (χ1) is 16.9. The summed E-state index contributed by atoms with van der Waals surface area (Å²) in [5.74, 6) is -1.42. The number of thiophene rings is 2. The second-order valence-corrected chi connectivity index (χ2v) is 9.11. The molecule has 0 atom stereocenters. The fraction of sp³-hybridized carbons (Fsp3) is 0.0400. The number of aromatic amines is 2. The van der Waals surface area contributed by atoms with Crippen molar-refractivity contribution in [2.24, 2.45) is 0 Å². The maximum atomic E-state index is 11.8. The maximum absolute atomic E-state index is 11.8. The fourth-order valence-corrected chi connectivity index (χ4v) is 5.54. The number of carboxylic acids is 1. The zero-order valence-electron chi connectivity index (χ0n) is 18.1. The molecule has 0 saturated carbocycles. The Morgan fingerprint density at radius 3 is 1.66 bits per heavy atom. The molecule has 3 N–H and O–H groups in total. The molecule has 4 aromatic heterocycles. The lowest BCUT2D eigenvalue weighted by Gasteiger charge is -2.03. The van der Waals surface area contributed by atoms with Gasteiger partial charge >= 0.3 is 11.9 Å². The van der Waals surface area contributed by atoms with Gasteiger partial charge in [0.2, 0.25) is 0 Å². The molecule has 0 fully saturated rings. The number of carbonyl (C=O) groups is 2. The number of fused-ring (bicyclic) bond motifs is 6. The molecule has 0 bridgehead atoms. The Bertz CT molecular complexity index is 1890. The predicted octanol–water partition coefficient (Wildman–Crippen LogP) is 4.97. The van der Waals surface area contributed by atoms with Crippen LogP contribution in [0.3, 0.4) is 0 Å². The van der Waals surface area contributed by atoms with Crippen molar-refractivity contribution >= 4 is 78.0 Å². The van der Waals surface area contributed by atoms with Gasteiger partial charge in [-0.05, 0) is 35.0 Å². The lowest BCUT2D eigenvalue weighted by Crippen LogP contribution is -2.06. The fourth-order valence-electron chi connectivity index (χ4n) is 3.89. The van der Waals surface area contributed by atoms with Gasteiger partial charge in [-0.2, -0.15) is 22.7 Å². The number of rotatable bonds is 2. The van der Waals surface area contributed by atoms with Crippen molar-refractivity contribution in [3.8, 4) is 0 Å². The largest absolute Gasteiger partial charge is 0.478 e. The molecule has 10 heteroatoms. The second-order valence-electron chi connectivity index (χ2n) is 7.62. The summed E-state index contributed by atoms with van der Waals surface area (Å²) in [4.78, 5) is 51.4. The minimum atomic E-state index is -1.00. The predicted molar refractivity (Wildman–Crippen MR) is 138 cm³/mol. The summed E-state index contributed by atoms with van der Waals surface area (Å²) in [5.41, 5.74) is 1.48. The molecular formula is C25H16N2O6S2. The Labute approximate surface area is 204 Å². The molecule has 0 spiro atoms. The Morgan fingerprint density at radius 2 is 1.17 bits per heavy atom. The van der Waals surface area contributed by atoms with Gasteiger partial charge in [0, 0.05) is 43.3 Å². The minimum Gasteiger partial charge on any atom is -0.478 e. The van der Waals surface area contributed by atoms with Crippen LogP contribution in [-0.2, 0) is 4.74 Å². The van der Waals surface area contributed by atoms with Crippen LogP contribution in [-0.4, -0.2) is 34.1 Å². The highest BCUT2D eigenvalue weighted by Gasteiger charge is 2.11. The molecule has 0 unspecified atom stereocenters. The molecule has 6 rings (SSSR count). The van der Waals surface area contributed by atoms with Crippen molar-refractivity contribution < 1.29 is 19.4 Å². The molecule has 35 heavy (non-hydrogen) atoms. The first-order valence-electron chi connectivity index (χ1n) is 10.2. The van der Waals surface area contributed by atoms with Crippen LogP contribution >= 0.6 is 22.7 Å². The molecule has 0 aliphatic rings. The Balaban J connectivity index is 0.000000145. The van der Waals surface area contributed by atoms with Gasteiger partial charge in [0.15, 0.2) is 0 Å². The highest BCUT2D eigenvalue weighted by molar-refractivity contribution is 7.09. The minimum absolute atomic E-state index is 0.138. The van der Waals surface area contributed by atoms with E-state index in [1.54, 1.807) is 29.6 Å². The van der Waals surface area contributed by atoms with E-state index in [0.717, 1.165) is 21.5 Å². The second kappa shape index (κ2) is 8.82. The maximum Gasteiger partial charge on any atom is 0.337 e. The zero-order valence-corrected chi connectivity index (χ0v) is 19.7. The Kier molecular flexibility index (Phi) is 5.67.